The summed E-state index contributed by atoms with van der Waals surface area (Å²) in [5.74, 6) is -1.33. The predicted molar refractivity (Wildman–Crippen MR) is 86.0 cm³/mol. The molecule has 0 bridgehead atoms. The summed E-state index contributed by atoms with van der Waals surface area (Å²) in [4.78, 5) is 33.5. The first-order valence-corrected chi connectivity index (χ1v) is 7.57. The number of benzene rings is 1. The van der Waals surface area contributed by atoms with Crippen molar-refractivity contribution >= 4 is 42.9 Å². The van der Waals surface area contributed by atoms with Crippen LogP contribution in [-0.4, -0.2) is 28.4 Å². The third-order valence-corrected chi connectivity index (χ3v) is 2.89. The van der Waals surface area contributed by atoms with E-state index in [9.17, 15) is 19.7 Å². The fraction of sp³-hybridized carbons (Fsp3) is 0.385. The molecular formula is C13H15NO6S2. The predicted octanol–water partition coefficient (Wildman–Crippen LogP) is 2.35. The number of nitro benzene ring substituents is 1. The maximum absolute atomic E-state index is 11.5. The van der Waals surface area contributed by atoms with Gasteiger partial charge in [0.2, 0.25) is 11.5 Å². The van der Waals surface area contributed by atoms with Crippen LogP contribution in [0, 0.1) is 17.0 Å². The number of esters is 2. The van der Waals surface area contributed by atoms with Gasteiger partial charge in [-0.3, -0.25) is 19.7 Å². The maximum atomic E-state index is 11.5. The Morgan fingerprint density at radius 2 is 1.50 bits per heavy atom. The molecule has 0 radical (unpaired) electrons. The van der Waals surface area contributed by atoms with Crippen LogP contribution in [0.15, 0.2) is 12.1 Å². The Labute approximate surface area is 137 Å². The van der Waals surface area contributed by atoms with Crippen LogP contribution < -0.4 is 9.47 Å². The highest BCUT2D eigenvalue weighted by molar-refractivity contribution is 7.80. The number of rotatable bonds is 7. The van der Waals surface area contributed by atoms with E-state index in [0.717, 1.165) is 0 Å². The number of carbonyl (C=O) groups excluding carboxylic acids is 2. The molecule has 0 aliphatic carbocycles. The van der Waals surface area contributed by atoms with Crippen LogP contribution in [0.25, 0.3) is 0 Å². The fourth-order valence-electron chi connectivity index (χ4n) is 1.58. The van der Waals surface area contributed by atoms with Gasteiger partial charge in [0.05, 0.1) is 17.8 Å². The highest BCUT2D eigenvalue weighted by Gasteiger charge is 2.26. The van der Waals surface area contributed by atoms with E-state index in [1.807, 2.05) is 0 Å². The van der Waals surface area contributed by atoms with E-state index in [-0.39, 0.29) is 35.8 Å². The summed E-state index contributed by atoms with van der Waals surface area (Å²) in [7, 11) is 0. The second-order valence-corrected chi connectivity index (χ2v) is 5.16. The molecule has 0 fully saturated rings. The van der Waals surface area contributed by atoms with Gasteiger partial charge in [-0.15, -0.1) is 0 Å². The van der Waals surface area contributed by atoms with Crippen LogP contribution in [0.2, 0.25) is 0 Å². The molecule has 1 aromatic rings. The molecule has 0 saturated heterocycles. The second-order valence-electron chi connectivity index (χ2n) is 4.26. The van der Waals surface area contributed by atoms with Crippen molar-refractivity contribution in [3.05, 3.63) is 27.8 Å². The quantitative estimate of drug-likeness (QED) is 0.259. The number of thiol groups is 2. The smallest absolute Gasteiger partial charge is 0.353 e. The van der Waals surface area contributed by atoms with Crippen molar-refractivity contribution in [1.29, 1.82) is 0 Å². The Kier molecular flexibility index (Phi) is 7.19. The van der Waals surface area contributed by atoms with Crippen LogP contribution >= 0.6 is 25.3 Å². The summed E-state index contributed by atoms with van der Waals surface area (Å²) >= 11 is 7.78. The van der Waals surface area contributed by atoms with Crippen molar-refractivity contribution in [1.82, 2.24) is 0 Å². The van der Waals surface area contributed by atoms with Gasteiger partial charge in [-0.1, -0.05) is 0 Å². The molecule has 0 heterocycles. The largest absolute Gasteiger partial charge is 0.419 e. The van der Waals surface area contributed by atoms with Gasteiger partial charge in [0.15, 0.2) is 0 Å². The number of nitrogens with zero attached hydrogens (tertiary/aromatic N) is 1. The summed E-state index contributed by atoms with van der Waals surface area (Å²) in [6, 6.07) is 2.68. The van der Waals surface area contributed by atoms with E-state index in [1.165, 1.54) is 12.1 Å². The van der Waals surface area contributed by atoms with E-state index in [1.54, 1.807) is 6.92 Å². The van der Waals surface area contributed by atoms with Crippen molar-refractivity contribution in [2.45, 2.75) is 19.8 Å². The molecule has 1 aromatic carbocycles. The zero-order valence-corrected chi connectivity index (χ0v) is 13.6. The van der Waals surface area contributed by atoms with Gasteiger partial charge >= 0.3 is 17.6 Å². The lowest BCUT2D eigenvalue weighted by molar-refractivity contribution is -0.386. The average molecular weight is 345 g/mol. The third-order valence-electron chi connectivity index (χ3n) is 2.45. The van der Waals surface area contributed by atoms with Crippen molar-refractivity contribution < 1.29 is 24.0 Å². The minimum atomic E-state index is -0.758. The van der Waals surface area contributed by atoms with Gasteiger partial charge < -0.3 is 9.47 Å². The molecule has 7 nitrogen and oxygen atoms in total. The number of nitro groups is 1. The standard InChI is InChI=1S/C13H15NO6S2/c1-8-6-9(19-11(15)2-4-21)13(14(17)18)10(7-8)20-12(16)3-5-22/h6-7,21-22H,2-5H2,1H3. The van der Waals surface area contributed by atoms with Gasteiger partial charge in [0.25, 0.3) is 0 Å². The summed E-state index contributed by atoms with van der Waals surface area (Å²) < 4.78 is 9.95. The van der Waals surface area contributed by atoms with Gasteiger partial charge in [0.1, 0.15) is 0 Å². The lowest BCUT2D eigenvalue weighted by atomic mass is 10.2. The highest BCUT2D eigenvalue weighted by Crippen LogP contribution is 2.38. The Bertz CT molecular complexity index is 549. The molecular weight excluding hydrogens is 330 g/mol. The molecule has 0 saturated carbocycles. The Morgan fingerprint density at radius 1 is 1.09 bits per heavy atom. The van der Waals surface area contributed by atoms with E-state index >= 15 is 0 Å². The second kappa shape index (κ2) is 8.64. The van der Waals surface area contributed by atoms with Crippen molar-refractivity contribution in [2.24, 2.45) is 0 Å². The minimum absolute atomic E-state index is 0.00296. The molecule has 0 unspecified atom stereocenters. The number of ether oxygens (including phenoxy) is 2. The molecule has 120 valence electrons. The van der Waals surface area contributed by atoms with Gasteiger partial charge in [-0.05, 0) is 24.6 Å². The zero-order valence-electron chi connectivity index (χ0n) is 11.8. The number of carbonyl (C=O) groups is 2. The molecule has 0 aromatic heterocycles. The summed E-state index contributed by atoms with van der Waals surface area (Å²) in [6.45, 7) is 1.63. The Hall–Kier alpha value is -1.74. The number of hydrogen-bond donors (Lipinski definition) is 2. The number of aryl methyl sites for hydroxylation is 1. The van der Waals surface area contributed by atoms with Crippen molar-refractivity contribution in [3.8, 4) is 11.5 Å². The fourth-order valence-corrected chi connectivity index (χ4v) is 1.94. The maximum Gasteiger partial charge on any atom is 0.353 e. The highest BCUT2D eigenvalue weighted by atomic mass is 32.1. The molecule has 22 heavy (non-hydrogen) atoms. The number of hydrogen-bond acceptors (Lipinski definition) is 8. The molecule has 9 heteroatoms. The Balaban J connectivity index is 3.20. The van der Waals surface area contributed by atoms with E-state index in [4.69, 9.17) is 9.47 Å². The van der Waals surface area contributed by atoms with E-state index in [0.29, 0.717) is 5.56 Å². The SMILES string of the molecule is Cc1cc(OC(=O)CCS)c([N+](=O)[O-])c(OC(=O)CCS)c1. The minimum Gasteiger partial charge on any atom is -0.419 e. The first-order chi connectivity index (χ1) is 10.4. The van der Waals surface area contributed by atoms with Gasteiger partial charge in [-0.2, -0.15) is 25.3 Å². The molecule has 0 N–H and O–H groups in total. The van der Waals surface area contributed by atoms with Crippen LogP contribution in [0.1, 0.15) is 18.4 Å². The molecule has 0 aliphatic heterocycles. The summed E-state index contributed by atoms with van der Waals surface area (Å²) in [5.41, 5.74) is -0.0152. The first kappa shape index (κ1) is 18.3. The lowest BCUT2D eigenvalue weighted by Gasteiger charge is -2.10. The zero-order chi connectivity index (χ0) is 16.7. The third kappa shape index (κ3) is 5.23. The summed E-state index contributed by atoms with van der Waals surface area (Å²) in [6.07, 6.45) is 0.00592. The molecule has 0 atom stereocenters. The summed E-state index contributed by atoms with van der Waals surface area (Å²) in [5, 5.41) is 11.2. The van der Waals surface area contributed by atoms with Crippen LogP contribution in [0.3, 0.4) is 0 Å². The van der Waals surface area contributed by atoms with Gasteiger partial charge in [0, 0.05) is 11.5 Å². The molecule has 0 amide bonds. The van der Waals surface area contributed by atoms with Crippen molar-refractivity contribution in [2.75, 3.05) is 11.5 Å². The van der Waals surface area contributed by atoms with Crippen LogP contribution in [0.5, 0.6) is 11.5 Å². The Morgan fingerprint density at radius 3 is 1.82 bits per heavy atom. The van der Waals surface area contributed by atoms with Crippen molar-refractivity contribution in [3.63, 3.8) is 0 Å². The van der Waals surface area contributed by atoms with Crippen LogP contribution in [0.4, 0.5) is 5.69 Å². The topological polar surface area (TPSA) is 95.7 Å². The van der Waals surface area contributed by atoms with E-state index in [2.05, 4.69) is 25.3 Å². The van der Waals surface area contributed by atoms with E-state index < -0.39 is 22.5 Å². The molecule has 0 aliphatic rings. The lowest BCUT2D eigenvalue weighted by Crippen LogP contribution is -2.13. The first-order valence-electron chi connectivity index (χ1n) is 6.31. The normalized spacial score (nSPS) is 10.1. The average Bonchev–Trinajstić information content (AvgIpc) is 2.37. The van der Waals surface area contributed by atoms with Gasteiger partial charge in [-0.25, -0.2) is 0 Å². The monoisotopic (exact) mass is 345 g/mol. The van der Waals surface area contributed by atoms with Crippen LogP contribution in [-0.2, 0) is 9.59 Å². The molecule has 1 rings (SSSR count). The molecule has 0 spiro atoms.